The number of para-hydroxylation sites is 2. The van der Waals surface area contributed by atoms with E-state index in [2.05, 4.69) is 15.3 Å². The highest BCUT2D eigenvalue weighted by atomic mass is 16.2. The van der Waals surface area contributed by atoms with E-state index < -0.39 is 0 Å². The smallest absolute Gasteiger partial charge is 0.261 e. The minimum absolute atomic E-state index is 0.115. The van der Waals surface area contributed by atoms with Gasteiger partial charge < -0.3 is 10.2 Å². The molecule has 0 spiro atoms. The Kier molecular flexibility index (Phi) is 5.04. The molecule has 5 nitrogen and oxygen atoms in total. The van der Waals surface area contributed by atoms with Crippen molar-refractivity contribution in [3.05, 3.63) is 78.1 Å². The summed E-state index contributed by atoms with van der Waals surface area (Å²) in [5, 5.41) is 3.17. The summed E-state index contributed by atoms with van der Waals surface area (Å²) in [6.45, 7) is 4.53. The topological polar surface area (TPSA) is 58.1 Å². The van der Waals surface area contributed by atoms with Crippen molar-refractivity contribution in [2.75, 3.05) is 16.8 Å². The van der Waals surface area contributed by atoms with E-state index in [1.807, 2.05) is 68.4 Å². The number of aromatic nitrogens is 2. The maximum atomic E-state index is 12.7. The third kappa shape index (κ3) is 3.83. The summed E-state index contributed by atoms with van der Waals surface area (Å²) in [5.41, 5.74) is 3.37. The maximum absolute atomic E-state index is 12.7. The Labute approximate surface area is 147 Å². The molecule has 1 heterocycles. The number of aryl methyl sites for hydroxylation is 1. The molecule has 0 aliphatic rings. The average Bonchev–Trinajstić information content (AvgIpc) is 2.66. The number of nitrogens with zero attached hydrogens (tertiary/aromatic N) is 3. The minimum atomic E-state index is -0.115. The first kappa shape index (κ1) is 16.6. The van der Waals surface area contributed by atoms with Gasteiger partial charge in [0.05, 0.1) is 5.56 Å². The van der Waals surface area contributed by atoms with Gasteiger partial charge in [0, 0.05) is 30.3 Å². The fourth-order valence-corrected chi connectivity index (χ4v) is 2.54. The van der Waals surface area contributed by atoms with Gasteiger partial charge >= 0.3 is 0 Å². The van der Waals surface area contributed by atoms with Crippen LogP contribution in [0.15, 0.2) is 67.0 Å². The zero-order chi connectivity index (χ0) is 17.6. The molecular formula is C20H20N4O. The first-order valence-corrected chi connectivity index (χ1v) is 8.20. The van der Waals surface area contributed by atoms with E-state index in [-0.39, 0.29) is 5.91 Å². The summed E-state index contributed by atoms with van der Waals surface area (Å²) in [7, 11) is 0. The standard InChI is InChI=1S/C20H20N4O/c1-3-24(17-10-5-4-6-11-17)19(25)16-13-21-20(22-14-16)23-18-12-8-7-9-15(18)2/h4-14H,3H2,1-2H3,(H,21,22,23). The first-order valence-electron chi connectivity index (χ1n) is 8.20. The van der Waals surface area contributed by atoms with Crippen molar-refractivity contribution >= 4 is 23.2 Å². The normalized spacial score (nSPS) is 10.3. The third-order valence-electron chi connectivity index (χ3n) is 3.92. The molecule has 1 amide bonds. The van der Waals surface area contributed by atoms with Crippen molar-refractivity contribution in [1.82, 2.24) is 9.97 Å². The van der Waals surface area contributed by atoms with Gasteiger partial charge in [0.25, 0.3) is 5.91 Å². The Bertz CT molecular complexity index is 847. The summed E-state index contributed by atoms with van der Waals surface area (Å²) in [6, 6.07) is 17.5. The fraction of sp³-hybridized carbons (Fsp3) is 0.150. The molecular weight excluding hydrogens is 312 g/mol. The minimum Gasteiger partial charge on any atom is -0.324 e. The lowest BCUT2D eigenvalue weighted by atomic mass is 10.2. The molecule has 0 atom stereocenters. The number of rotatable bonds is 5. The van der Waals surface area contributed by atoms with Crippen LogP contribution >= 0.6 is 0 Å². The monoisotopic (exact) mass is 332 g/mol. The molecule has 1 aromatic heterocycles. The number of carbonyl (C=O) groups excluding carboxylic acids is 1. The van der Waals surface area contributed by atoms with Gasteiger partial charge in [-0.1, -0.05) is 36.4 Å². The van der Waals surface area contributed by atoms with Gasteiger partial charge in [-0.05, 0) is 37.6 Å². The Balaban J connectivity index is 1.77. The number of carbonyl (C=O) groups is 1. The van der Waals surface area contributed by atoms with Crippen LogP contribution in [0.3, 0.4) is 0 Å². The van der Waals surface area contributed by atoms with Gasteiger partial charge in [-0.15, -0.1) is 0 Å². The Hall–Kier alpha value is -3.21. The van der Waals surface area contributed by atoms with Gasteiger partial charge in [0.1, 0.15) is 0 Å². The second-order valence-corrected chi connectivity index (χ2v) is 5.62. The van der Waals surface area contributed by atoms with E-state index >= 15 is 0 Å². The number of nitrogens with one attached hydrogen (secondary N) is 1. The van der Waals surface area contributed by atoms with Crippen molar-refractivity contribution in [2.24, 2.45) is 0 Å². The lowest BCUT2D eigenvalue weighted by molar-refractivity contribution is 0.0987. The Morgan fingerprint density at radius 3 is 2.28 bits per heavy atom. The molecule has 5 heteroatoms. The van der Waals surface area contributed by atoms with Gasteiger partial charge in [0.2, 0.25) is 5.95 Å². The highest BCUT2D eigenvalue weighted by Crippen LogP contribution is 2.19. The SMILES string of the molecule is CCN(C(=O)c1cnc(Nc2ccccc2C)nc1)c1ccccc1. The molecule has 0 aliphatic heterocycles. The van der Waals surface area contributed by atoms with E-state index in [4.69, 9.17) is 0 Å². The largest absolute Gasteiger partial charge is 0.324 e. The highest BCUT2D eigenvalue weighted by molar-refractivity contribution is 6.05. The van der Waals surface area contributed by atoms with Crippen molar-refractivity contribution in [2.45, 2.75) is 13.8 Å². The predicted octanol–water partition coefficient (Wildman–Crippen LogP) is 4.20. The third-order valence-corrected chi connectivity index (χ3v) is 3.92. The Morgan fingerprint density at radius 2 is 1.64 bits per heavy atom. The van der Waals surface area contributed by atoms with Crippen LogP contribution in [-0.2, 0) is 0 Å². The van der Waals surface area contributed by atoms with E-state index in [1.54, 1.807) is 17.3 Å². The summed E-state index contributed by atoms with van der Waals surface area (Å²) in [6.07, 6.45) is 3.11. The van der Waals surface area contributed by atoms with Crippen LogP contribution < -0.4 is 10.2 Å². The van der Waals surface area contributed by atoms with Crippen LogP contribution in [0.1, 0.15) is 22.8 Å². The van der Waals surface area contributed by atoms with E-state index in [0.717, 1.165) is 16.9 Å². The molecule has 0 saturated carbocycles. The lowest BCUT2D eigenvalue weighted by Crippen LogP contribution is -2.30. The summed E-state index contributed by atoms with van der Waals surface area (Å²) < 4.78 is 0. The zero-order valence-corrected chi connectivity index (χ0v) is 14.3. The molecule has 0 fully saturated rings. The van der Waals surface area contributed by atoms with Crippen molar-refractivity contribution < 1.29 is 4.79 Å². The molecule has 0 bridgehead atoms. The molecule has 0 aliphatic carbocycles. The van der Waals surface area contributed by atoms with Crippen LogP contribution in [0.25, 0.3) is 0 Å². The average molecular weight is 332 g/mol. The fourth-order valence-electron chi connectivity index (χ4n) is 2.54. The van der Waals surface area contributed by atoms with Crippen LogP contribution in [0.2, 0.25) is 0 Å². The van der Waals surface area contributed by atoms with Crippen LogP contribution in [0.5, 0.6) is 0 Å². The number of benzene rings is 2. The molecule has 0 saturated heterocycles. The van der Waals surface area contributed by atoms with Crippen molar-refractivity contribution in [3.8, 4) is 0 Å². The molecule has 3 aromatic rings. The summed E-state index contributed by atoms with van der Waals surface area (Å²) in [4.78, 5) is 23.0. The van der Waals surface area contributed by atoms with Gasteiger partial charge in [-0.3, -0.25) is 4.79 Å². The molecule has 2 aromatic carbocycles. The number of hydrogen-bond acceptors (Lipinski definition) is 4. The zero-order valence-electron chi connectivity index (χ0n) is 14.3. The van der Waals surface area contributed by atoms with E-state index in [9.17, 15) is 4.79 Å². The predicted molar refractivity (Wildman–Crippen MR) is 100 cm³/mol. The number of hydrogen-bond donors (Lipinski definition) is 1. The number of anilines is 3. The second-order valence-electron chi connectivity index (χ2n) is 5.62. The summed E-state index contributed by atoms with van der Waals surface area (Å²) >= 11 is 0. The molecule has 25 heavy (non-hydrogen) atoms. The molecule has 1 N–H and O–H groups in total. The molecule has 0 unspecified atom stereocenters. The highest BCUT2D eigenvalue weighted by Gasteiger charge is 2.16. The van der Waals surface area contributed by atoms with Crippen molar-refractivity contribution in [3.63, 3.8) is 0 Å². The van der Waals surface area contributed by atoms with Crippen LogP contribution in [-0.4, -0.2) is 22.4 Å². The van der Waals surface area contributed by atoms with Gasteiger partial charge in [-0.25, -0.2) is 9.97 Å². The van der Waals surface area contributed by atoms with Gasteiger partial charge in [-0.2, -0.15) is 0 Å². The van der Waals surface area contributed by atoms with Crippen molar-refractivity contribution in [1.29, 1.82) is 0 Å². The Morgan fingerprint density at radius 1 is 1.00 bits per heavy atom. The molecule has 126 valence electrons. The van der Waals surface area contributed by atoms with Crippen LogP contribution in [0, 0.1) is 6.92 Å². The lowest BCUT2D eigenvalue weighted by Gasteiger charge is -2.20. The molecule has 3 rings (SSSR count). The second kappa shape index (κ2) is 7.57. The maximum Gasteiger partial charge on any atom is 0.261 e. The first-order chi connectivity index (χ1) is 12.2. The van der Waals surface area contributed by atoms with Crippen LogP contribution in [0.4, 0.5) is 17.3 Å². The summed E-state index contributed by atoms with van der Waals surface area (Å²) in [5.74, 6) is 0.352. The number of amides is 1. The van der Waals surface area contributed by atoms with E-state index in [0.29, 0.717) is 18.1 Å². The quantitative estimate of drug-likeness (QED) is 0.761. The van der Waals surface area contributed by atoms with Gasteiger partial charge in [0.15, 0.2) is 0 Å². The van der Waals surface area contributed by atoms with E-state index in [1.165, 1.54) is 0 Å². The molecule has 0 radical (unpaired) electrons.